The van der Waals surface area contributed by atoms with E-state index in [0.29, 0.717) is 5.92 Å². The first kappa shape index (κ1) is 10.9. The summed E-state index contributed by atoms with van der Waals surface area (Å²) in [5.41, 5.74) is 3.66. The molecule has 0 aliphatic heterocycles. The molecule has 16 heavy (non-hydrogen) atoms. The highest BCUT2D eigenvalue weighted by Crippen LogP contribution is 2.24. The van der Waals surface area contributed by atoms with E-state index in [2.05, 4.69) is 38.1 Å². The van der Waals surface area contributed by atoms with Gasteiger partial charge in [0.1, 0.15) is 5.82 Å². The molecule has 0 N–H and O–H groups in total. The highest BCUT2D eigenvalue weighted by Gasteiger charge is 2.07. The lowest BCUT2D eigenvalue weighted by Crippen LogP contribution is -1.95. The molecule has 0 amide bonds. The molecular weight excluding hydrogens is 199 g/mol. The van der Waals surface area contributed by atoms with Gasteiger partial charge < -0.3 is 0 Å². The lowest BCUT2D eigenvalue weighted by molar-refractivity contribution is 0.626. The van der Waals surface area contributed by atoms with E-state index in [-0.39, 0.29) is 5.82 Å². The van der Waals surface area contributed by atoms with Crippen molar-refractivity contribution < 1.29 is 4.39 Å². The van der Waals surface area contributed by atoms with Crippen molar-refractivity contribution in [3.8, 4) is 0 Å². The summed E-state index contributed by atoms with van der Waals surface area (Å²) in [7, 11) is 0. The molecule has 1 unspecified atom stereocenters. The van der Waals surface area contributed by atoms with Gasteiger partial charge in [-0.25, -0.2) is 4.39 Å². The van der Waals surface area contributed by atoms with Gasteiger partial charge in [0.15, 0.2) is 0 Å². The third-order valence-electron chi connectivity index (χ3n) is 2.95. The molecule has 0 heterocycles. The van der Waals surface area contributed by atoms with Gasteiger partial charge in [0.25, 0.3) is 0 Å². The zero-order valence-corrected chi connectivity index (χ0v) is 9.57. The minimum Gasteiger partial charge on any atom is -0.207 e. The minimum absolute atomic E-state index is 0.181. The molecule has 0 fully saturated rings. The van der Waals surface area contributed by atoms with Crippen molar-refractivity contribution in [2.45, 2.75) is 19.8 Å². The minimum atomic E-state index is -0.181. The monoisotopic (exact) mass is 214 g/mol. The second-order valence-corrected chi connectivity index (χ2v) is 4.18. The first-order valence-corrected chi connectivity index (χ1v) is 5.49. The molecule has 82 valence electrons. The fraction of sp³-hybridized carbons (Fsp3) is 0.200. The van der Waals surface area contributed by atoms with Crippen LogP contribution < -0.4 is 0 Å². The molecule has 0 aliphatic rings. The second-order valence-electron chi connectivity index (χ2n) is 4.18. The smallest absolute Gasteiger partial charge is 0.123 e. The fourth-order valence-corrected chi connectivity index (χ4v) is 1.80. The third kappa shape index (κ3) is 2.30. The fourth-order valence-electron chi connectivity index (χ4n) is 1.80. The van der Waals surface area contributed by atoms with Crippen molar-refractivity contribution in [2.75, 3.05) is 0 Å². The van der Waals surface area contributed by atoms with Crippen LogP contribution in [0.3, 0.4) is 0 Å². The molecule has 0 spiro atoms. The Hall–Kier alpha value is -1.63. The van der Waals surface area contributed by atoms with E-state index < -0.39 is 0 Å². The Balaban J connectivity index is 2.28. The third-order valence-corrected chi connectivity index (χ3v) is 2.95. The summed E-state index contributed by atoms with van der Waals surface area (Å²) in [6.45, 7) is 4.21. The van der Waals surface area contributed by atoms with Crippen LogP contribution in [0.1, 0.15) is 29.5 Å². The molecule has 1 heteroatoms. The van der Waals surface area contributed by atoms with Gasteiger partial charge in [0, 0.05) is 5.92 Å². The topological polar surface area (TPSA) is 0 Å². The predicted molar refractivity (Wildman–Crippen MR) is 65.1 cm³/mol. The maximum absolute atomic E-state index is 12.8. The SMILES string of the molecule is Cc1ccc(C(C)c2ccc(F)cc2)cc1. The lowest BCUT2D eigenvalue weighted by atomic mass is 9.93. The number of halogens is 1. The number of benzene rings is 2. The number of hydrogen-bond donors (Lipinski definition) is 0. The van der Waals surface area contributed by atoms with E-state index in [0.717, 1.165) is 5.56 Å². The van der Waals surface area contributed by atoms with Gasteiger partial charge in [-0.05, 0) is 30.2 Å². The van der Waals surface area contributed by atoms with Crippen LogP contribution in [0.15, 0.2) is 48.5 Å². The summed E-state index contributed by atoms with van der Waals surface area (Å²) in [6, 6.07) is 15.2. The summed E-state index contributed by atoms with van der Waals surface area (Å²) in [6.07, 6.45) is 0. The van der Waals surface area contributed by atoms with Crippen molar-refractivity contribution in [1.29, 1.82) is 0 Å². The number of rotatable bonds is 2. The van der Waals surface area contributed by atoms with Gasteiger partial charge in [0.05, 0.1) is 0 Å². The van der Waals surface area contributed by atoms with Crippen LogP contribution in [0.4, 0.5) is 4.39 Å². The summed E-state index contributed by atoms with van der Waals surface area (Å²) < 4.78 is 12.8. The first-order chi connectivity index (χ1) is 7.66. The Kier molecular flexibility index (Phi) is 3.04. The molecule has 2 aromatic carbocycles. The molecule has 2 aromatic rings. The Morgan fingerprint density at radius 2 is 1.25 bits per heavy atom. The quantitative estimate of drug-likeness (QED) is 0.699. The zero-order chi connectivity index (χ0) is 11.5. The Bertz CT molecular complexity index is 408. The maximum Gasteiger partial charge on any atom is 0.123 e. The van der Waals surface area contributed by atoms with E-state index in [4.69, 9.17) is 0 Å². The molecule has 0 saturated heterocycles. The van der Waals surface area contributed by atoms with Crippen LogP contribution in [-0.4, -0.2) is 0 Å². The molecule has 0 aromatic heterocycles. The van der Waals surface area contributed by atoms with Crippen LogP contribution >= 0.6 is 0 Å². The highest BCUT2D eigenvalue weighted by atomic mass is 19.1. The zero-order valence-electron chi connectivity index (χ0n) is 9.57. The van der Waals surface area contributed by atoms with Crippen LogP contribution in [-0.2, 0) is 0 Å². The summed E-state index contributed by atoms with van der Waals surface area (Å²) in [4.78, 5) is 0. The van der Waals surface area contributed by atoms with Crippen molar-refractivity contribution in [3.63, 3.8) is 0 Å². The lowest BCUT2D eigenvalue weighted by Gasteiger charge is -2.12. The molecule has 1 atom stereocenters. The van der Waals surface area contributed by atoms with Gasteiger partial charge in [-0.2, -0.15) is 0 Å². The summed E-state index contributed by atoms with van der Waals surface area (Å²) in [5.74, 6) is 0.126. The highest BCUT2D eigenvalue weighted by molar-refractivity contribution is 5.33. The standard InChI is InChI=1S/C15H15F/c1-11-3-5-13(6-4-11)12(2)14-7-9-15(16)10-8-14/h3-10,12H,1-2H3. The predicted octanol–water partition coefficient (Wildman–Crippen LogP) is 4.29. The van der Waals surface area contributed by atoms with E-state index in [1.165, 1.54) is 23.3 Å². The molecule has 0 saturated carbocycles. The van der Waals surface area contributed by atoms with E-state index >= 15 is 0 Å². The van der Waals surface area contributed by atoms with Crippen molar-refractivity contribution in [3.05, 3.63) is 71.0 Å². The maximum atomic E-state index is 12.8. The average molecular weight is 214 g/mol. The van der Waals surface area contributed by atoms with E-state index in [1.807, 2.05) is 12.1 Å². The van der Waals surface area contributed by atoms with Gasteiger partial charge in [-0.1, -0.05) is 48.9 Å². The molecule has 0 aliphatic carbocycles. The van der Waals surface area contributed by atoms with E-state index in [9.17, 15) is 4.39 Å². The largest absolute Gasteiger partial charge is 0.207 e. The van der Waals surface area contributed by atoms with Crippen molar-refractivity contribution in [2.24, 2.45) is 0 Å². The van der Waals surface area contributed by atoms with Crippen LogP contribution in [0.25, 0.3) is 0 Å². The normalized spacial score (nSPS) is 12.4. The van der Waals surface area contributed by atoms with Crippen LogP contribution in [0, 0.1) is 12.7 Å². The van der Waals surface area contributed by atoms with Crippen LogP contribution in [0.5, 0.6) is 0 Å². The molecule has 0 radical (unpaired) electrons. The molecule has 2 rings (SSSR count). The summed E-state index contributed by atoms with van der Waals surface area (Å²) >= 11 is 0. The average Bonchev–Trinajstić information content (AvgIpc) is 2.30. The Morgan fingerprint density at radius 3 is 1.75 bits per heavy atom. The van der Waals surface area contributed by atoms with Crippen molar-refractivity contribution >= 4 is 0 Å². The number of aryl methyl sites for hydroxylation is 1. The van der Waals surface area contributed by atoms with Crippen molar-refractivity contribution in [1.82, 2.24) is 0 Å². The molecule has 0 bridgehead atoms. The molecule has 0 nitrogen and oxygen atoms in total. The van der Waals surface area contributed by atoms with Gasteiger partial charge in [-0.15, -0.1) is 0 Å². The Labute approximate surface area is 95.7 Å². The second kappa shape index (κ2) is 4.48. The first-order valence-electron chi connectivity index (χ1n) is 5.49. The van der Waals surface area contributed by atoms with Gasteiger partial charge in [-0.3, -0.25) is 0 Å². The Morgan fingerprint density at radius 1 is 0.812 bits per heavy atom. The van der Waals surface area contributed by atoms with Gasteiger partial charge in [0.2, 0.25) is 0 Å². The van der Waals surface area contributed by atoms with Gasteiger partial charge >= 0.3 is 0 Å². The number of hydrogen-bond acceptors (Lipinski definition) is 0. The van der Waals surface area contributed by atoms with Crippen LogP contribution in [0.2, 0.25) is 0 Å². The molecular formula is C15H15F. The summed E-state index contributed by atoms with van der Waals surface area (Å²) in [5, 5.41) is 0. The van der Waals surface area contributed by atoms with E-state index in [1.54, 1.807) is 0 Å².